The molecule has 0 atom stereocenters. The van der Waals surface area contributed by atoms with Crippen molar-refractivity contribution in [1.82, 2.24) is 4.90 Å². The van der Waals surface area contributed by atoms with Gasteiger partial charge in [-0.25, -0.2) is 0 Å². The van der Waals surface area contributed by atoms with E-state index >= 15 is 0 Å². The SMILES string of the molecule is CC(C)N(Cc1ccc(C#N)cc1)C(=O)c1ccc2c(c1)OCO2. The zero-order valence-electron chi connectivity index (χ0n) is 13.7. The Bertz CT molecular complexity index is 791. The number of benzene rings is 2. The third-order valence-corrected chi connectivity index (χ3v) is 3.94. The second-order valence-corrected chi connectivity index (χ2v) is 5.90. The topological polar surface area (TPSA) is 62.6 Å². The first-order valence-corrected chi connectivity index (χ1v) is 7.78. The molecule has 5 nitrogen and oxygen atoms in total. The number of carbonyl (C=O) groups is 1. The summed E-state index contributed by atoms with van der Waals surface area (Å²) in [5.74, 6) is 1.20. The Kier molecular flexibility index (Phi) is 4.39. The van der Waals surface area contributed by atoms with Crippen LogP contribution in [0.2, 0.25) is 0 Å². The summed E-state index contributed by atoms with van der Waals surface area (Å²) in [6.07, 6.45) is 0. The van der Waals surface area contributed by atoms with Crippen molar-refractivity contribution < 1.29 is 14.3 Å². The molecule has 5 heteroatoms. The van der Waals surface area contributed by atoms with Crippen molar-refractivity contribution in [3.8, 4) is 17.6 Å². The van der Waals surface area contributed by atoms with Crippen LogP contribution in [0.4, 0.5) is 0 Å². The molecule has 122 valence electrons. The third-order valence-electron chi connectivity index (χ3n) is 3.94. The van der Waals surface area contributed by atoms with Crippen molar-refractivity contribution in [1.29, 1.82) is 5.26 Å². The van der Waals surface area contributed by atoms with Crippen LogP contribution in [0.25, 0.3) is 0 Å². The highest BCUT2D eigenvalue weighted by atomic mass is 16.7. The number of hydrogen-bond acceptors (Lipinski definition) is 4. The maximum atomic E-state index is 12.9. The second-order valence-electron chi connectivity index (χ2n) is 5.90. The van der Waals surface area contributed by atoms with Crippen LogP contribution < -0.4 is 9.47 Å². The number of carbonyl (C=O) groups excluding carboxylic acids is 1. The molecule has 1 aliphatic heterocycles. The number of fused-ring (bicyclic) bond motifs is 1. The van der Waals surface area contributed by atoms with Gasteiger partial charge >= 0.3 is 0 Å². The normalized spacial score (nSPS) is 12.1. The van der Waals surface area contributed by atoms with Crippen molar-refractivity contribution in [2.75, 3.05) is 6.79 Å². The Morgan fingerprint density at radius 1 is 1.17 bits per heavy atom. The molecule has 0 unspecified atom stereocenters. The number of rotatable bonds is 4. The quantitative estimate of drug-likeness (QED) is 0.866. The molecule has 1 heterocycles. The fourth-order valence-electron chi connectivity index (χ4n) is 2.57. The standard InChI is InChI=1S/C19H18N2O3/c1-13(2)21(11-15-5-3-14(10-20)4-6-15)19(22)16-7-8-17-18(9-16)24-12-23-17/h3-9,13H,11-12H2,1-2H3. The Hall–Kier alpha value is -3.00. The lowest BCUT2D eigenvalue weighted by molar-refractivity contribution is 0.0690. The molecular formula is C19H18N2O3. The minimum atomic E-state index is -0.0624. The molecule has 0 saturated carbocycles. The summed E-state index contributed by atoms with van der Waals surface area (Å²) in [7, 11) is 0. The van der Waals surface area contributed by atoms with E-state index in [4.69, 9.17) is 14.7 Å². The van der Waals surface area contributed by atoms with Gasteiger partial charge in [0.2, 0.25) is 6.79 Å². The Morgan fingerprint density at radius 3 is 2.54 bits per heavy atom. The highest BCUT2D eigenvalue weighted by Gasteiger charge is 2.22. The fourth-order valence-corrected chi connectivity index (χ4v) is 2.57. The minimum absolute atomic E-state index is 0.0403. The molecule has 1 amide bonds. The first-order chi connectivity index (χ1) is 11.6. The third kappa shape index (κ3) is 3.18. The average Bonchev–Trinajstić information content (AvgIpc) is 3.07. The van der Waals surface area contributed by atoms with Crippen LogP contribution in [-0.2, 0) is 6.54 Å². The lowest BCUT2D eigenvalue weighted by Gasteiger charge is -2.27. The molecule has 24 heavy (non-hydrogen) atoms. The molecule has 0 bridgehead atoms. The van der Waals surface area contributed by atoms with Crippen LogP contribution in [0.3, 0.4) is 0 Å². The molecule has 0 radical (unpaired) electrons. The zero-order valence-corrected chi connectivity index (χ0v) is 13.7. The van der Waals surface area contributed by atoms with Crippen molar-refractivity contribution in [3.05, 3.63) is 59.2 Å². The van der Waals surface area contributed by atoms with Gasteiger partial charge in [-0.05, 0) is 49.7 Å². The maximum Gasteiger partial charge on any atom is 0.254 e. The van der Waals surface area contributed by atoms with Gasteiger partial charge in [-0.2, -0.15) is 5.26 Å². The number of nitriles is 1. The number of hydrogen-bond donors (Lipinski definition) is 0. The van der Waals surface area contributed by atoms with Crippen LogP contribution in [0.1, 0.15) is 35.3 Å². The van der Waals surface area contributed by atoms with Gasteiger partial charge in [-0.1, -0.05) is 12.1 Å². The lowest BCUT2D eigenvalue weighted by Crippen LogP contribution is -2.36. The molecular weight excluding hydrogens is 304 g/mol. The smallest absolute Gasteiger partial charge is 0.254 e. The summed E-state index contributed by atoms with van der Waals surface area (Å²) in [4.78, 5) is 14.7. The number of nitrogens with zero attached hydrogens (tertiary/aromatic N) is 2. The summed E-state index contributed by atoms with van der Waals surface area (Å²) < 4.78 is 10.6. The molecule has 2 aromatic rings. The molecule has 0 fully saturated rings. The van der Waals surface area contributed by atoms with Crippen LogP contribution >= 0.6 is 0 Å². The predicted molar refractivity (Wildman–Crippen MR) is 88.7 cm³/mol. The molecule has 0 saturated heterocycles. The van der Waals surface area contributed by atoms with Gasteiger partial charge in [0, 0.05) is 18.2 Å². The van der Waals surface area contributed by atoms with E-state index in [1.54, 1.807) is 35.2 Å². The molecule has 2 aromatic carbocycles. The Labute approximate surface area is 141 Å². The van der Waals surface area contributed by atoms with Gasteiger partial charge in [0.15, 0.2) is 11.5 Å². The summed E-state index contributed by atoms with van der Waals surface area (Å²) in [5, 5.41) is 8.88. The molecule has 3 rings (SSSR count). The highest BCUT2D eigenvalue weighted by molar-refractivity contribution is 5.95. The maximum absolute atomic E-state index is 12.9. The fraction of sp³-hybridized carbons (Fsp3) is 0.263. The van der Waals surface area contributed by atoms with Crippen molar-refractivity contribution in [2.45, 2.75) is 26.4 Å². The first-order valence-electron chi connectivity index (χ1n) is 7.78. The van der Waals surface area contributed by atoms with E-state index in [0.717, 1.165) is 5.56 Å². The Balaban J connectivity index is 1.82. The largest absolute Gasteiger partial charge is 0.454 e. The van der Waals surface area contributed by atoms with Crippen LogP contribution in [-0.4, -0.2) is 23.6 Å². The van der Waals surface area contributed by atoms with Gasteiger partial charge in [-0.15, -0.1) is 0 Å². The molecule has 0 N–H and O–H groups in total. The van der Waals surface area contributed by atoms with Gasteiger partial charge < -0.3 is 14.4 Å². The van der Waals surface area contributed by atoms with E-state index in [2.05, 4.69) is 6.07 Å². The van der Waals surface area contributed by atoms with E-state index in [9.17, 15) is 4.79 Å². The van der Waals surface area contributed by atoms with E-state index in [1.807, 2.05) is 26.0 Å². The van der Waals surface area contributed by atoms with Crippen molar-refractivity contribution in [2.24, 2.45) is 0 Å². The molecule has 0 aromatic heterocycles. The van der Waals surface area contributed by atoms with E-state index in [-0.39, 0.29) is 18.7 Å². The van der Waals surface area contributed by atoms with Gasteiger partial charge in [-0.3, -0.25) is 4.79 Å². The van der Waals surface area contributed by atoms with E-state index in [1.165, 1.54) is 0 Å². The number of amides is 1. The van der Waals surface area contributed by atoms with Gasteiger partial charge in [0.25, 0.3) is 5.91 Å². The second kappa shape index (κ2) is 6.63. The van der Waals surface area contributed by atoms with Gasteiger partial charge in [0.05, 0.1) is 11.6 Å². The summed E-state index contributed by atoms with van der Waals surface area (Å²) >= 11 is 0. The monoisotopic (exact) mass is 322 g/mol. The van der Waals surface area contributed by atoms with Crippen molar-refractivity contribution >= 4 is 5.91 Å². The summed E-state index contributed by atoms with van der Waals surface area (Å²) in [6, 6.07) is 14.6. The van der Waals surface area contributed by atoms with E-state index in [0.29, 0.717) is 29.2 Å². The van der Waals surface area contributed by atoms with Gasteiger partial charge in [0.1, 0.15) is 0 Å². The molecule has 0 spiro atoms. The van der Waals surface area contributed by atoms with Crippen LogP contribution in [0.15, 0.2) is 42.5 Å². The lowest BCUT2D eigenvalue weighted by atomic mass is 10.1. The Morgan fingerprint density at radius 2 is 1.88 bits per heavy atom. The zero-order chi connectivity index (χ0) is 17.1. The molecule has 1 aliphatic rings. The van der Waals surface area contributed by atoms with Crippen LogP contribution in [0, 0.1) is 11.3 Å². The summed E-state index contributed by atoms with van der Waals surface area (Å²) in [6.45, 7) is 4.63. The minimum Gasteiger partial charge on any atom is -0.454 e. The van der Waals surface area contributed by atoms with Crippen LogP contribution in [0.5, 0.6) is 11.5 Å². The highest BCUT2D eigenvalue weighted by Crippen LogP contribution is 2.33. The average molecular weight is 322 g/mol. The molecule has 0 aliphatic carbocycles. The number of ether oxygens (including phenoxy) is 2. The predicted octanol–water partition coefficient (Wildman–Crippen LogP) is 3.34. The van der Waals surface area contributed by atoms with E-state index < -0.39 is 0 Å². The van der Waals surface area contributed by atoms with Crippen molar-refractivity contribution in [3.63, 3.8) is 0 Å². The first kappa shape index (κ1) is 15.9. The summed E-state index contributed by atoms with van der Waals surface area (Å²) in [5.41, 5.74) is 2.16.